The summed E-state index contributed by atoms with van der Waals surface area (Å²) >= 11 is -2.14. The Kier molecular flexibility index (Phi) is 8.59. The van der Waals surface area contributed by atoms with Crippen LogP contribution in [0, 0.1) is 24.8 Å². The number of furan rings is 1. The van der Waals surface area contributed by atoms with E-state index in [1.807, 2.05) is 62.5 Å². The molecule has 0 atom stereocenters. The molecule has 0 saturated heterocycles. The molecule has 0 aliphatic heterocycles. The van der Waals surface area contributed by atoms with Gasteiger partial charge in [-0.05, 0) is 23.2 Å². The summed E-state index contributed by atoms with van der Waals surface area (Å²) in [6.07, 6.45) is 3.07. The van der Waals surface area contributed by atoms with Crippen molar-refractivity contribution in [3.8, 4) is 22.5 Å². The van der Waals surface area contributed by atoms with Gasteiger partial charge in [0.05, 0.1) is 11.8 Å². The predicted molar refractivity (Wildman–Crippen MR) is 180 cm³/mol. The van der Waals surface area contributed by atoms with Gasteiger partial charge in [-0.3, -0.25) is 0 Å². The molecule has 0 fully saturated rings. The third-order valence-electron chi connectivity index (χ3n) is 7.33. The van der Waals surface area contributed by atoms with Gasteiger partial charge in [-0.25, -0.2) is 4.39 Å². The van der Waals surface area contributed by atoms with Crippen molar-refractivity contribution < 1.29 is 35.8 Å². The Morgan fingerprint density at radius 1 is 0.864 bits per heavy atom. The SMILES string of the molecule is [2H]C(C)(C)c1cc(-c2[c-]ccc3c2oc2ccccc23)ncc1F.[2H]C([2H])([2H])c1c[c-]c(-c2cc(C([2H])(C)C)[c]([Ge]([CH3])([CH3])[CH3])cn2)cc1.[Ir]. The summed E-state index contributed by atoms with van der Waals surface area (Å²) in [5.41, 5.74) is 5.75. The number of pyridine rings is 2. The maximum Gasteiger partial charge on any atom is 0 e. The molecule has 6 aromatic rings. The molecule has 0 aliphatic carbocycles. The Bertz CT molecular complexity index is 2090. The molecule has 1 radical (unpaired) electrons. The minimum absolute atomic E-state index is 0. The summed E-state index contributed by atoms with van der Waals surface area (Å²) in [4.78, 5) is 8.77. The molecule has 3 aromatic carbocycles. The largest absolute Gasteiger partial charge is 0 e. The van der Waals surface area contributed by atoms with E-state index in [1.165, 1.54) is 10.5 Å². The zero-order chi connectivity index (χ0) is 35.2. The molecule has 44 heavy (non-hydrogen) atoms. The van der Waals surface area contributed by atoms with Gasteiger partial charge in [0.1, 0.15) is 11.4 Å². The summed E-state index contributed by atoms with van der Waals surface area (Å²) in [6, 6.07) is 26.2. The van der Waals surface area contributed by atoms with Crippen molar-refractivity contribution in [3.63, 3.8) is 0 Å². The quantitative estimate of drug-likeness (QED) is 0.128. The molecule has 3 nitrogen and oxygen atoms in total. The summed E-state index contributed by atoms with van der Waals surface area (Å²) in [5.74, 6) is 4.65. The summed E-state index contributed by atoms with van der Waals surface area (Å²) in [6.45, 7) is 4.97. The van der Waals surface area contributed by atoms with Crippen LogP contribution < -0.4 is 4.40 Å². The van der Waals surface area contributed by atoms with Crippen LogP contribution in [-0.4, -0.2) is 23.2 Å². The minimum atomic E-state index is -2.14. The second-order valence-electron chi connectivity index (χ2n) is 12.1. The minimum Gasteiger partial charge on any atom is 0 e. The number of para-hydroxylation sites is 1. The second-order valence-corrected chi connectivity index (χ2v) is 22.7. The number of benzene rings is 3. The summed E-state index contributed by atoms with van der Waals surface area (Å²) in [7, 11) is 0. The number of aromatic nitrogens is 2. The van der Waals surface area contributed by atoms with E-state index >= 15 is 0 Å². The van der Waals surface area contributed by atoms with E-state index in [1.54, 1.807) is 32.0 Å². The number of hydrogen-bond donors (Lipinski definition) is 0. The van der Waals surface area contributed by atoms with E-state index < -0.39 is 37.7 Å². The third-order valence-corrected chi connectivity index (χ3v) is 11.6. The van der Waals surface area contributed by atoms with Crippen LogP contribution in [0.3, 0.4) is 0 Å². The van der Waals surface area contributed by atoms with E-state index in [0.717, 1.165) is 39.4 Å². The average molecular weight is 829 g/mol. The van der Waals surface area contributed by atoms with Gasteiger partial charge in [-0.2, -0.15) is 0 Å². The van der Waals surface area contributed by atoms with Crippen molar-refractivity contribution in [1.29, 1.82) is 0 Å². The van der Waals surface area contributed by atoms with Gasteiger partial charge in [0, 0.05) is 26.9 Å². The molecule has 0 saturated carbocycles. The predicted octanol–water partition coefficient (Wildman–Crippen LogP) is 10.2. The first-order valence-corrected chi connectivity index (χ1v) is 21.6. The van der Waals surface area contributed by atoms with Crippen molar-refractivity contribution in [3.05, 3.63) is 114 Å². The van der Waals surface area contributed by atoms with Crippen LogP contribution in [0.1, 0.15) is 63.0 Å². The normalized spacial score (nSPS) is 14.0. The molecule has 0 aliphatic rings. The zero-order valence-electron chi connectivity index (χ0n) is 31.0. The number of hydrogen-bond acceptors (Lipinski definition) is 3. The van der Waals surface area contributed by atoms with Crippen LogP contribution in [0.5, 0.6) is 0 Å². The van der Waals surface area contributed by atoms with Crippen molar-refractivity contribution in [2.24, 2.45) is 0 Å². The fourth-order valence-electron chi connectivity index (χ4n) is 5.04. The van der Waals surface area contributed by atoms with E-state index in [4.69, 9.17) is 11.3 Å². The van der Waals surface area contributed by atoms with E-state index in [9.17, 15) is 4.39 Å². The molecule has 0 unspecified atom stereocenters. The molecule has 0 N–H and O–H groups in total. The fraction of sp³-hybridized carbons (Fsp3) is 0.263. The van der Waals surface area contributed by atoms with Crippen LogP contribution in [0.15, 0.2) is 83.5 Å². The number of halogens is 1. The molecule has 229 valence electrons. The zero-order valence-corrected chi connectivity index (χ0v) is 30.5. The Morgan fingerprint density at radius 2 is 1.57 bits per heavy atom. The number of fused-ring (bicyclic) bond motifs is 3. The Hall–Kier alpha value is -3.12. The van der Waals surface area contributed by atoms with Gasteiger partial charge in [-0.15, -0.1) is 18.2 Å². The molecule has 6 rings (SSSR count). The first kappa shape index (κ1) is 27.2. The Morgan fingerprint density at radius 3 is 2.23 bits per heavy atom. The van der Waals surface area contributed by atoms with E-state index in [-0.39, 0.29) is 25.7 Å². The Labute approximate surface area is 284 Å². The molecule has 3 aromatic heterocycles. The van der Waals surface area contributed by atoms with Crippen molar-refractivity contribution in [2.75, 3.05) is 0 Å². The van der Waals surface area contributed by atoms with Gasteiger partial charge >= 0.3 is 131 Å². The molecular formula is C38H39FGeIrN2O-2. The second kappa shape index (κ2) is 13.9. The van der Waals surface area contributed by atoms with Crippen molar-refractivity contribution >= 4 is 39.6 Å². The summed E-state index contributed by atoms with van der Waals surface area (Å²) < 4.78 is 60.2. The molecule has 0 bridgehead atoms. The van der Waals surface area contributed by atoms with E-state index in [0.29, 0.717) is 22.4 Å². The van der Waals surface area contributed by atoms with Gasteiger partial charge in [-0.1, -0.05) is 49.1 Å². The maximum atomic E-state index is 14.0. The standard InChI is InChI=1S/C20H15FNO.C18H24GeN.Ir/c1-12(2)16-10-18(22-11-17(16)21)15-8-5-7-14-13-6-3-4-9-19(13)23-20(14)15;1-13(2)16-11-18(15-9-7-14(3)8-10-15)20-12-17(16)19(4,5)6;/h3-7,9-12H,1-2H3;7-9,11-13H,1-6H3;/q2*-1;/i12D;3D3,13D;. The summed E-state index contributed by atoms with van der Waals surface area (Å²) in [5, 5.41) is 1.99. The number of rotatable bonds is 5. The molecule has 3 heterocycles. The smallest absolute Gasteiger partial charge is 0 e. The maximum absolute atomic E-state index is 14.0. The topological polar surface area (TPSA) is 38.9 Å². The molecular weight excluding hydrogens is 784 g/mol. The molecule has 6 heteroatoms. The van der Waals surface area contributed by atoms with Gasteiger partial charge in [0.15, 0.2) is 0 Å². The van der Waals surface area contributed by atoms with Crippen molar-refractivity contribution in [2.45, 2.75) is 63.6 Å². The average Bonchev–Trinajstić information content (AvgIpc) is 3.39. The van der Waals surface area contributed by atoms with Crippen molar-refractivity contribution in [1.82, 2.24) is 9.97 Å². The number of aryl methyl sites for hydroxylation is 1. The van der Waals surface area contributed by atoms with Gasteiger partial charge in [0.25, 0.3) is 0 Å². The molecule has 0 amide bonds. The molecule has 0 spiro atoms. The van der Waals surface area contributed by atoms with Crippen LogP contribution >= 0.6 is 0 Å². The van der Waals surface area contributed by atoms with Gasteiger partial charge < -0.3 is 9.40 Å². The monoisotopic (exact) mass is 830 g/mol. The third kappa shape index (κ3) is 7.22. The fourth-order valence-corrected chi connectivity index (χ4v) is 8.36. The Balaban J connectivity index is 0.000000216. The number of nitrogens with zero attached hydrogens (tertiary/aromatic N) is 2. The van der Waals surface area contributed by atoms with E-state index in [2.05, 4.69) is 39.4 Å². The van der Waals surface area contributed by atoms with Crippen LogP contribution in [0.2, 0.25) is 17.3 Å². The van der Waals surface area contributed by atoms with Crippen LogP contribution in [-0.2, 0) is 20.1 Å². The first-order valence-electron chi connectivity index (χ1n) is 16.8. The first-order chi connectivity index (χ1) is 22.2. The van der Waals surface area contributed by atoms with Crippen LogP contribution in [0.4, 0.5) is 4.39 Å². The van der Waals surface area contributed by atoms with Crippen LogP contribution in [0.25, 0.3) is 44.5 Å². The van der Waals surface area contributed by atoms with Gasteiger partial charge in [0.2, 0.25) is 0 Å².